The van der Waals surface area contributed by atoms with Gasteiger partial charge in [-0.3, -0.25) is 0 Å². The van der Waals surface area contributed by atoms with E-state index in [1.807, 2.05) is 30.3 Å². The molecule has 0 fully saturated rings. The molecular formula is C15H14FNO3. The van der Waals surface area contributed by atoms with Crippen molar-refractivity contribution in [1.29, 1.82) is 0 Å². The Morgan fingerprint density at radius 2 is 1.90 bits per heavy atom. The first-order valence-electron chi connectivity index (χ1n) is 6.07. The summed E-state index contributed by atoms with van der Waals surface area (Å²) in [6, 6.07) is 13.5. The van der Waals surface area contributed by atoms with Crippen LogP contribution in [0.1, 0.15) is 11.1 Å². The topological polar surface area (TPSA) is 58.6 Å². The van der Waals surface area contributed by atoms with E-state index in [1.54, 1.807) is 0 Å². The monoisotopic (exact) mass is 275 g/mol. The lowest BCUT2D eigenvalue weighted by molar-refractivity contribution is 0.139. The van der Waals surface area contributed by atoms with Crippen LogP contribution in [0.5, 0.6) is 5.75 Å². The van der Waals surface area contributed by atoms with Gasteiger partial charge in [0.05, 0.1) is 0 Å². The first kappa shape index (κ1) is 13.9. The molecule has 20 heavy (non-hydrogen) atoms. The second-order valence-electron chi connectivity index (χ2n) is 4.17. The maximum absolute atomic E-state index is 13.5. The molecule has 0 aromatic heterocycles. The van der Waals surface area contributed by atoms with Crippen molar-refractivity contribution in [1.82, 2.24) is 5.32 Å². The third-order valence-corrected chi connectivity index (χ3v) is 2.69. The average Bonchev–Trinajstić information content (AvgIpc) is 2.48. The third-order valence-electron chi connectivity index (χ3n) is 2.69. The number of rotatable bonds is 4. The number of halogens is 1. The van der Waals surface area contributed by atoms with Crippen molar-refractivity contribution >= 4 is 6.09 Å². The summed E-state index contributed by atoms with van der Waals surface area (Å²) in [7, 11) is 0. The molecule has 4 nitrogen and oxygen atoms in total. The Kier molecular flexibility index (Phi) is 4.55. The van der Waals surface area contributed by atoms with Crippen molar-refractivity contribution in [3.8, 4) is 5.75 Å². The zero-order chi connectivity index (χ0) is 14.4. The molecule has 0 bridgehead atoms. The molecule has 0 aliphatic rings. The second kappa shape index (κ2) is 6.56. The summed E-state index contributed by atoms with van der Waals surface area (Å²) in [6.07, 6.45) is -0.642. The predicted octanol–water partition coefficient (Wildman–Crippen LogP) is 2.96. The van der Waals surface area contributed by atoms with Gasteiger partial charge in [0.1, 0.15) is 6.61 Å². The van der Waals surface area contributed by atoms with Gasteiger partial charge < -0.3 is 15.2 Å². The van der Waals surface area contributed by atoms with Gasteiger partial charge in [-0.2, -0.15) is 0 Å². The maximum atomic E-state index is 13.5. The molecule has 5 heteroatoms. The molecule has 2 aromatic rings. The minimum absolute atomic E-state index is 0.0478. The minimum atomic E-state index is -0.740. The maximum Gasteiger partial charge on any atom is 0.407 e. The summed E-state index contributed by atoms with van der Waals surface area (Å²) in [4.78, 5) is 11.5. The van der Waals surface area contributed by atoms with Gasteiger partial charge in [0.2, 0.25) is 0 Å². The fraction of sp³-hybridized carbons (Fsp3) is 0.133. The quantitative estimate of drug-likeness (QED) is 0.902. The van der Waals surface area contributed by atoms with Crippen LogP contribution in [-0.2, 0) is 17.9 Å². The predicted molar refractivity (Wildman–Crippen MR) is 71.5 cm³/mol. The van der Waals surface area contributed by atoms with E-state index in [4.69, 9.17) is 4.74 Å². The highest BCUT2D eigenvalue weighted by Crippen LogP contribution is 2.18. The number of phenols is 1. The summed E-state index contributed by atoms with van der Waals surface area (Å²) in [5.74, 6) is -1.18. The van der Waals surface area contributed by atoms with Crippen LogP contribution in [0, 0.1) is 5.82 Å². The van der Waals surface area contributed by atoms with E-state index in [0.717, 1.165) is 5.56 Å². The molecule has 0 unspecified atom stereocenters. The number of carbonyl (C=O) groups is 1. The second-order valence-corrected chi connectivity index (χ2v) is 4.17. The van der Waals surface area contributed by atoms with Crippen molar-refractivity contribution in [2.75, 3.05) is 0 Å². The Bertz CT molecular complexity index is 587. The van der Waals surface area contributed by atoms with Crippen LogP contribution in [0.4, 0.5) is 9.18 Å². The molecule has 0 saturated carbocycles. The van der Waals surface area contributed by atoms with Crippen LogP contribution in [-0.4, -0.2) is 11.2 Å². The fourth-order valence-corrected chi connectivity index (χ4v) is 1.64. The number of benzene rings is 2. The van der Waals surface area contributed by atoms with Crippen LogP contribution in [0.3, 0.4) is 0 Å². The average molecular weight is 275 g/mol. The molecule has 104 valence electrons. The zero-order valence-corrected chi connectivity index (χ0v) is 10.7. The number of nitrogens with one attached hydrogen (secondary N) is 1. The van der Waals surface area contributed by atoms with Gasteiger partial charge in [-0.25, -0.2) is 9.18 Å². The number of ether oxygens (including phenoxy) is 1. The highest BCUT2D eigenvalue weighted by Gasteiger charge is 2.08. The van der Waals surface area contributed by atoms with Crippen molar-refractivity contribution in [3.05, 3.63) is 65.5 Å². The first-order chi connectivity index (χ1) is 9.66. The van der Waals surface area contributed by atoms with E-state index >= 15 is 0 Å². The summed E-state index contributed by atoms with van der Waals surface area (Å²) in [5, 5.41) is 11.6. The van der Waals surface area contributed by atoms with Crippen molar-refractivity contribution < 1.29 is 19.0 Å². The Morgan fingerprint density at radius 3 is 2.65 bits per heavy atom. The summed E-state index contributed by atoms with van der Waals surface area (Å²) >= 11 is 0. The standard InChI is InChI=1S/C15H14FNO3/c16-14-12(7-4-8-13(14)18)9-17-15(19)20-10-11-5-2-1-3-6-11/h1-8,18H,9-10H2,(H,17,19). The first-order valence-corrected chi connectivity index (χ1v) is 6.07. The minimum Gasteiger partial charge on any atom is -0.505 e. The van der Waals surface area contributed by atoms with Gasteiger partial charge in [-0.1, -0.05) is 42.5 Å². The molecular weight excluding hydrogens is 261 g/mol. The number of aromatic hydroxyl groups is 1. The van der Waals surface area contributed by atoms with Gasteiger partial charge in [0.25, 0.3) is 0 Å². The SMILES string of the molecule is O=C(NCc1cccc(O)c1F)OCc1ccccc1. The largest absolute Gasteiger partial charge is 0.505 e. The highest BCUT2D eigenvalue weighted by atomic mass is 19.1. The summed E-state index contributed by atoms with van der Waals surface area (Å²) in [5.41, 5.74) is 1.06. The van der Waals surface area contributed by atoms with Crippen molar-refractivity contribution in [2.45, 2.75) is 13.2 Å². The summed E-state index contributed by atoms with van der Waals surface area (Å²) in [6.45, 7) is 0.100. The van der Waals surface area contributed by atoms with Crippen LogP contribution in [0.25, 0.3) is 0 Å². The fourth-order valence-electron chi connectivity index (χ4n) is 1.64. The Hall–Kier alpha value is -2.56. The normalized spacial score (nSPS) is 10.1. The Morgan fingerprint density at radius 1 is 1.15 bits per heavy atom. The lowest BCUT2D eigenvalue weighted by Gasteiger charge is -2.08. The number of hydrogen-bond donors (Lipinski definition) is 2. The number of amides is 1. The van der Waals surface area contributed by atoms with Crippen LogP contribution in [0.15, 0.2) is 48.5 Å². The summed E-state index contributed by atoms with van der Waals surface area (Å²) < 4.78 is 18.4. The lowest BCUT2D eigenvalue weighted by Crippen LogP contribution is -2.24. The molecule has 0 radical (unpaired) electrons. The molecule has 0 aliphatic heterocycles. The van der Waals surface area contributed by atoms with E-state index in [0.29, 0.717) is 0 Å². The number of carbonyl (C=O) groups excluding carboxylic acids is 1. The van der Waals surface area contributed by atoms with Crippen molar-refractivity contribution in [2.24, 2.45) is 0 Å². The molecule has 2 rings (SSSR count). The number of alkyl carbamates (subject to hydrolysis) is 1. The molecule has 0 spiro atoms. The van der Waals surface area contributed by atoms with E-state index in [1.165, 1.54) is 18.2 Å². The smallest absolute Gasteiger partial charge is 0.407 e. The third kappa shape index (κ3) is 3.71. The Balaban J connectivity index is 1.82. The Labute approximate surface area is 115 Å². The lowest BCUT2D eigenvalue weighted by atomic mass is 10.2. The molecule has 2 N–H and O–H groups in total. The van der Waals surface area contributed by atoms with Crippen molar-refractivity contribution in [3.63, 3.8) is 0 Å². The molecule has 0 aliphatic carbocycles. The molecule has 1 amide bonds. The van der Waals surface area contributed by atoms with Gasteiger partial charge >= 0.3 is 6.09 Å². The van der Waals surface area contributed by atoms with Gasteiger partial charge in [0, 0.05) is 12.1 Å². The molecule has 0 heterocycles. The van der Waals surface area contributed by atoms with Gasteiger partial charge in [-0.15, -0.1) is 0 Å². The highest BCUT2D eigenvalue weighted by molar-refractivity contribution is 5.67. The van der Waals surface area contributed by atoms with Crippen LogP contribution >= 0.6 is 0 Å². The van der Waals surface area contributed by atoms with Crippen LogP contribution in [0.2, 0.25) is 0 Å². The van der Waals surface area contributed by atoms with Crippen LogP contribution < -0.4 is 5.32 Å². The van der Waals surface area contributed by atoms with E-state index in [9.17, 15) is 14.3 Å². The zero-order valence-electron chi connectivity index (χ0n) is 10.7. The number of phenolic OH excluding ortho intramolecular Hbond substituents is 1. The molecule has 2 aromatic carbocycles. The molecule has 0 atom stereocenters. The van der Waals surface area contributed by atoms with Gasteiger partial charge in [0.15, 0.2) is 11.6 Å². The molecule has 0 saturated heterocycles. The number of hydrogen-bond acceptors (Lipinski definition) is 3. The van der Waals surface area contributed by atoms with E-state index in [2.05, 4.69) is 5.32 Å². The van der Waals surface area contributed by atoms with E-state index < -0.39 is 17.7 Å². The van der Waals surface area contributed by atoms with E-state index in [-0.39, 0.29) is 18.7 Å². The van der Waals surface area contributed by atoms with Gasteiger partial charge in [-0.05, 0) is 11.6 Å².